The van der Waals surface area contributed by atoms with Crippen LogP contribution in [0.2, 0.25) is 0 Å². The molecule has 7 fully saturated rings. The molecular formula is C70H93F2N11O8. The summed E-state index contributed by atoms with van der Waals surface area (Å²) in [5, 5.41) is 0. The fraction of sp³-hybridized carbons (Fsp3) is 0.614. The van der Waals surface area contributed by atoms with E-state index in [9.17, 15) is 32.8 Å². The van der Waals surface area contributed by atoms with Gasteiger partial charge >= 0.3 is 18.3 Å². The summed E-state index contributed by atoms with van der Waals surface area (Å²) in [4.78, 5) is 88.7. The van der Waals surface area contributed by atoms with Gasteiger partial charge in [0, 0.05) is 136 Å². The third-order valence-electron chi connectivity index (χ3n) is 22.4. The molecule has 4 aromatic rings. The number of hydrogen-bond acceptors (Lipinski definition) is 15. The number of nitrogens with zero attached hydrogens (tertiary/aromatic N) is 11. The van der Waals surface area contributed by atoms with Crippen molar-refractivity contribution in [2.75, 3.05) is 133 Å². The highest BCUT2D eigenvalue weighted by Gasteiger charge is 2.51. The van der Waals surface area contributed by atoms with E-state index in [0.29, 0.717) is 43.5 Å². The van der Waals surface area contributed by atoms with Gasteiger partial charge in [0.2, 0.25) is 5.91 Å². The number of carbonyl (C=O) groups excluding carboxylic acids is 5. The van der Waals surface area contributed by atoms with E-state index in [1.165, 1.54) is 24.8 Å². The van der Waals surface area contributed by atoms with Gasteiger partial charge in [0.1, 0.15) is 11.6 Å². The zero-order chi connectivity index (χ0) is 63.4. The van der Waals surface area contributed by atoms with E-state index in [0.717, 1.165) is 222 Å². The summed E-state index contributed by atoms with van der Waals surface area (Å²) in [6.45, 7) is 19.2. The second-order valence-corrected chi connectivity index (χ2v) is 27.1. The molecule has 0 radical (unpaired) electrons. The molecule has 4 amide bonds. The molecule has 1 aromatic heterocycles. The van der Waals surface area contributed by atoms with Crippen molar-refractivity contribution < 1.29 is 47.0 Å². The maximum Gasteiger partial charge on any atom is 0.409 e. The molecule has 490 valence electrons. The van der Waals surface area contributed by atoms with E-state index in [1.807, 2.05) is 46.7 Å². The largest absolute Gasteiger partial charge is 0.453 e. The number of hydrogen-bond donors (Lipinski definition) is 0. The minimum Gasteiger partial charge on any atom is -0.453 e. The van der Waals surface area contributed by atoms with Gasteiger partial charge in [-0.15, -0.1) is 0 Å². The van der Waals surface area contributed by atoms with Crippen LogP contribution in [0.3, 0.4) is 0 Å². The lowest BCUT2D eigenvalue weighted by molar-refractivity contribution is -0.118. The number of ketones is 1. The molecule has 3 aromatic carbocycles. The van der Waals surface area contributed by atoms with Gasteiger partial charge in [0.25, 0.3) is 0 Å². The van der Waals surface area contributed by atoms with Gasteiger partial charge in [0.15, 0.2) is 11.6 Å². The molecule has 19 nitrogen and oxygen atoms in total. The number of aromatic nitrogens is 2. The molecule has 9 aliphatic heterocycles. The number of Topliss-reactive ketones (excluding diaryl/α,β-unsaturated/α-hetero) is 1. The Balaban J connectivity index is 0.000000133. The Morgan fingerprint density at radius 2 is 1.02 bits per heavy atom. The number of amides is 4. The van der Waals surface area contributed by atoms with Crippen LogP contribution in [-0.4, -0.2) is 212 Å². The highest BCUT2D eigenvalue weighted by molar-refractivity contribution is 5.95. The number of anilines is 4. The number of halogens is 2. The Hall–Kier alpha value is -6.97. The van der Waals surface area contributed by atoms with Gasteiger partial charge in [0.05, 0.1) is 32.6 Å². The molecule has 6 saturated heterocycles. The molecule has 1 aliphatic carbocycles. The van der Waals surface area contributed by atoms with Gasteiger partial charge in [-0.05, 0) is 202 Å². The first-order valence-corrected chi connectivity index (χ1v) is 33.8. The Kier molecular flexibility index (Phi) is 19.5. The highest BCUT2D eigenvalue weighted by atomic mass is 19.1. The Labute approximate surface area is 535 Å². The fourth-order valence-corrected chi connectivity index (χ4v) is 17.3. The topological polar surface area (TPSA) is 168 Å². The summed E-state index contributed by atoms with van der Waals surface area (Å²) in [6.07, 6.45) is 19.1. The van der Waals surface area contributed by atoms with Crippen molar-refractivity contribution in [1.82, 2.24) is 39.4 Å². The molecule has 21 heteroatoms. The van der Waals surface area contributed by atoms with Gasteiger partial charge in [-0.3, -0.25) is 14.6 Å². The Bertz CT molecular complexity index is 3220. The predicted molar refractivity (Wildman–Crippen MR) is 344 cm³/mol. The molecule has 0 N–H and O–H groups in total. The number of para-hydroxylation sites is 1. The minimum absolute atomic E-state index is 0.0381. The number of piperidine rings is 6. The molecule has 10 heterocycles. The maximum absolute atomic E-state index is 14.3. The van der Waals surface area contributed by atoms with E-state index in [1.54, 1.807) is 42.5 Å². The zero-order valence-corrected chi connectivity index (χ0v) is 53.9. The number of benzene rings is 3. The van der Waals surface area contributed by atoms with Crippen molar-refractivity contribution in [3.8, 4) is 0 Å². The summed E-state index contributed by atoms with van der Waals surface area (Å²) < 4.78 is 43.6. The molecule has 1 saturated carbocycles. The standard InChI is InChI=1S/C25H34FN3O3.C24H30FN5O2.C21H29N3O3/c1-2-32-24(31)28-12-8-19(9-13-28)27-14-10-25(11-15-27)17-29(22-4-3-5-23(22)30)21-7-6-18(26)16-20(21)25;1-2-32-23(31)29-11-5-19(6-12-29)28-13-7-24(8-14-28)17-30(22-16-26-9-10-27-22)21-4-3-18(25)15-20(21)24;1-16(25)24-15-21(18-5-3-4-6-19(18)24)9-13-22(14-10-21)17-7-11-23(12-8-17)20(26)27-2/h6-7,16,19,22H,2-5,8-15,17H2,1H3;3-4,9-10,15-16,19H,2,5-8,11-14,17H2,1H3;3-6,17H,7-15H2,1-2H3. The summed E-state index contributed by atoms with van der Waals surface area (Å²) in [6, 6.07) is 20.2. The first kappa shape index (κ1) is 64.1. The summed E-state index contributed by atoms with van der Waals surface area (Å²) in [5.74, 6) is 0.917. The fourth-order valence-electron chi connectivity index (χ4n) is 17.3. The number of rotatable bonds is 7. The van der Waals surface area contributed by atoms with Crippen molar-refractivity contribution in [3.63, 3.8) is 0 Å². The van der Waals surface area contributed by atoms with Gasteiger partial charge in [-0.25, -0.2) is 28.1 Å². The number of ether oxygens (including phenoxy) is 3. The summed E-state index contributed by atoms with van der Waals surface area (Å²) in [7, 11) is 1.45. The van der Waals surface area contributed by atoms with Crippen molar-refractivity contribution in [2.24, 2.45) is 0 Å². The van der Waals surface area contributed by atoms with Crippen LogP contribution in [0.1, 0.15) is 134 Å². The van der Waals surface area contributed by atoms with Gasteiger partial charge in [-0.1, -0.05) is 18.2 Å². The van der Waals surface area contributed by atoms with Crippen LogP contribution in [0.15, 0.2) is 79.3 Å². The SMILES string of the molecule is CCOC(=O)N1CCC(N2CCC3(CC2)CN(C2CCCC2=O)c2ccc(F)cc23)CC1.CCOC(=O)N1CCC(N2CCC3(CC2)CN(c2cnccn2)c2ccc(F)cc23)CC1.COC(=O)N1CCC(N2CCC3(CC2)CN(C(C)=O)c2ccccc23)CC1. The lowest BCUT2D eigenvalue weighted by atomic mass is 9.74. The van der Waals surface area contributed by atoms with Gasteiger partial charge in [-0.2, -0.15) is 0 Å². The Morgan fingerprint density at radius 3 is 1.48 bits per heavy atom. The quantitative estimate of drug-likeness (QED) is 0.160. The molecule has 1 unspecified atom stereocenters. The number of fused-ring (bicyclic) bond motifs is 6. The van der Waals surface area contributed by atoms with Crippen LogP contribution in [0.25, 0.3) is 0 Å². The number of methoxy groups -OCH3 is 1. The molecule has 0 bridgehead atoms. The number of carbonyl (C=O) groups is 5. The lowest BCUT2D eigenvalue weighted by Gasteiger charge is -2.45. The molecule has 10 aliphatic rings. The molecule has 1 atom stereocenters. The zero-order valence-electron chi connectivity index (χ0n) is 53.9. The van der Waals surface area contributed by atoms with Crippen molar-refractivity contribution in [1.29, 1.82) is 0 Å². The van der Waals surface area contributed by atoms with Crippen molar-refractivity contribution in [3.05, 3.63) is 108 Å². The third-order valence-corrected chi connectivity index (χ3v) is 22.4. The van der Waals surface area contributed by atoms with E-state index >= 15 is 0 Å². The van der Waals surface area contributed by atoms with E-state index in [2.05, 4.69) is 52.7 Å². The summed E-state index contributed by atoms with van der Waals surface area (Å²) in [5.41, 5.74) is 6.73. The van der Waals surface area contributed by atoms with Gasteiger partial charge < -0.3 is 58.3 Å². The molecule has 91 heavy (non-hydrogen) atoms. The molecule has 3 spiro atoms. The normalized spacial score (nSPS) is 23.3. The predicted octanol–water partition coefficient (Wildman–Crippen LogP) is 10.1. The van der Waals surface area contributed by atoms with E-state index < -0.39 is 0 Å². The second-order valence-electron chi connectivity index (χ2n) is 27.1. The van der Waals surface area contributed by atoms with E-state index in [-0.39, 0.29) is 58.1 Å². The highest BCUT2D eigenvalue weighted by Crippen LogP contribution is 2.52. The third kappa shape index (κ3) is 13.2. The molecule has 14 rings (SSSR count). The molecular weight excluding hydrogens is 1160 g/mol. The average molecular weight is 1250 g/mol. The Morgan fingerprint density at radius 1 is 0.549 bits per heavy atom. The number of likely N-dealkylation sites (tertiary alicyclic amines) is 6. The van der Waals surface area contributed by atoms with Crippen LogP contribution in [-0.2, 0) is 40.0 Å². The van der Waals surface area contributed by atoms with Crippen LogP contribution >= 0.6 is 0 Å². The summed E-state index contributed by atoms with van der Waals surface area (Å²) >= 11 is 0. The average Bonchev–Trinajstić information content (AvgIpc) is 1.61. The van der Waals surface area contributed by atoms with Crippen LogP contribution < -0.4 is 14.7 Å². The van der Waals surface area contributed by atoms with Crippen molar-refractivity contribution in [2.45, 2.75) is 157 Å². The van der Waals surface area contributed by atoms with Crippen LogP contribution in [0.5, 0.6) is 0 Å². The second kappa shape index (κ2) is 27.7. The first-order valence-electron chi connectivity index (χ1n) is 33.8. The van der Waals surface area contributed by atoms with Crippen LogP contribution in [0, 0.1) is 11.6 Å². The van der Waals surface area contributed by atoms with Crippen LogP contribution in [0.4, 0.5) is 46.0 Å². The lowest BCUT2D eigenvalue weighted by Crippen LogP contribution is -2.52. The monoisotopic (exact) mass is 1250 g/mol. The smallest absolute Gasteiger partial charge is 0.409 e. The van der Waals surface area contributed by atoms with E-state index in [4.69, 9.17) is 14.2 Å². The maximum atomic E-state index is 14.3. The first-order chi connectivity index (χ1) is 44.1. The van der Waals surface area contributed by atoms with Crippen molar-refractivity contribution >= 4 is 52.9 Å². The minimum atomic E-state index is -0.210.